The van der Waals surface area contributed by atoms with Crippen LogP contribution in [0.5, 0.6) is 0 Å². The van der Waals surface area contributed by atoms with Gasteiger partial charge < -0.3 is 15.5 Å². The monoisotopic (exact) mass is 396 g/mol. The molecule has 0 aromatic carbocycles. The minimum atomic E-state index is -4.38. The van der Waals surface area contributed by atoms with Crippen molar-refractivity contribution in [2.75, 3.05) is 33.7 Å². The van der Waals surface area contributed by atoms with Gasteiger partial charge in [0.2, 0.25) is 5.91 Å². The van der Waals surface area contributed by atoms with Crippen molar-refractivity contribution >= 4 is 35.8 Å². The Labute approximate surface area is 128 Å². The summed E-state index contributed by atoms with van der Waals surface area (Å²) in [7, 11) is 2.63. The number of hydrogen-bond acceptors (Lipinski definition) is 2. The molecule has 0 bridgehead atoms. The quantitative estimate of drug-likeness (QED) is 0.417. The van der Waals surface area contributed by atoms with Crippen LogP contribution in [0, 0.1) is 0 Å². The molecule has 0 saturated heterocycles. The summed E-state index contributed by atoms with van der Waals surface area (Å²) in [5, 5.41) is 5.56. The molecule has 0 aliphatic carbocycles. The van der Waals surface area contributed by atoms with Gasteiger partial charge in [0, 0.05) is 20.6 Å². The molecule has 0 rings (SSSR count). The zero-order chi connectivity index (χ0) is 14.2. The molecule has 5 nitrogen and oxygen atoms in total. The van der Waals surface area contributed by atoms with Gasteiger partial charge in [-0.15, -0.1) is 24.0 Å². The average molecular weight is 396 g/mol. The maximum absolute atomic E-state index is 12.0. The number of halogens is 4. The Bertz CT molecular complexity index is 297. The molecule has 19 heavy (non-hydrogen) atoms. The normalized spacial score (nSPS) is 11.6. The Morgan fingerprint density at radius 3 is 2.32 bits per heavy atom. The predicted molar refractivity (Wildman–Crippen MR) is 78.8 cm³/mol. The summed E-state index contributed by atoms with van der Waals surface area (Å²) in [6.07, 6.45) is -3.50. The fourth-order valence-electron chi connectivity index (χ4n) is 1.12. The predicted octanol–water partition coefficient (Wildman–Crippen LogP) is 1.20. The van der Waals surface area contributed by atoms with E-state index in [1.165, 1.54) is 7.05 Å². The number of amides is 1. The number of nitrogens with one attached hydrogen (secondary N) is 2. The third-order valence-electron chi connectivity index (χ3n) is 2.02. The van der Waals surface area contributed by atoms with E-state index < -0.39 is 18.6 Å². The van der Waals surface area contributed by atoms with Crippen LogP contribution in [0.25, 0.3) is 0 Å². The number of alkyl halides is 3. The topological polar surface area (TPSA) is 56.7 Å². The molecule has 0 aliphatic rings. The Morgan fingerprint density at radius 2 is 1.89 bits per heavy atom. The molecule has 0 aliphatic heterocycles. The summed E-state index contributed by atoms with van der Waals surface area (Å²) in [4.78, 5) is 15.9. The van der Waals surface area contributed by atoms with Gasteiger partial charge in [0.15, 0.2) is 5.96 Å². The van der Waals surface area contributed by atoms with Crippen LogP contribution in [0.4, 0.5) is 13.2 Å². The Hall–Kier alpha value is -0.740. The third kappa shape index (κ3) is 10.8. The molecule has 0 aromatic heterocycles. The van der Waals surface area contributed by atoms with Gasteiger partial charge in [-0.1, -0.05) is 6.92 Å². The molecule has 2 N–H and O–H groups in total. The fraction of sp³-hybridized carbons (Fsp3) is 0.800. The second-order valence-electron chi connectivity index (χ2n) is 3.72. The van der Waals surface area contributed by atoms with E-state index in [1.54, 1.807) is 0 Å². The highest BCUT2D eigenvalue weighted by molar-refractivity contribution is 14.0. The lowest BCUT2D eigenvalue weighted by atomic mass is 10.4. The molecule has 0 spiro atoms. The molecule has 114 valence electrons. The highest BCUT2D eigenvalue weighted by Gasteiger charge is 2.30. The van der Waals surface area contributed by atoms with Gasteiger partial charge in [-0.3, -0.25) is 9.79 Å². The molecule has 0 radical (unpaired) electrons. The molecule has 0 heterocycles. The van der Waals surface area contributed by atoms with Crippen LogP contribution < -0.4 is 10.6 Å². The Balaban J connectivity index is 0. The van der Waals surface area contributed by atoms with E-state index in [4.69, 9.17) is 0 Å². The molecule has 1 amide bonds. The van der Waals surface area contributed by atoms with E-state index in [9.17, 15) is 18.0 Å². The summed E-state index contributed by atoms with van der Waals surface area (Å²) >= 11 is 0. The number of hydrogen-bond donors (Lipinski definition) is 2. The minimum absolute atomic E-state index is 0. The first-order valence-electron chi connectivity index (χ1n) is 5.55. The number of rotatable bonds is 5. The van der Waals surface area contributed by atoms with Crippen LogP contribution in [-0.2, 0) is 4.79 Å². The second kappa shape index (κ2) is 10.1. The molecular formula is C10H20F3IN4O. The van der Waals surface area contributed by atoms with Crippen LogP contribution >= 0.6 is 24.0 Å². The van der Waals surface area contributed by atoms with Crippen LogP contribution in [0.2, 0.25) is 0 Å². The first-order valence-corrected chi connectivity index (χ1v) is 5.55. The van der Waals surface area contributed by atoms with E-state index in [-0.39, 0.29) is 30.5 Å². The second-order valence-corrected chi connectivity index (χ2v) is 3.72. The van der Waals surface area contributed by atoms with E-state index in [1.807, 2.05) is 6.92 Å². The van der Waals surface area contributed by atoms with Crippen molar-refractivity contribution in [3.05, 3.63) is 0 Å². The first kappa shape index (κ1) is 20.6. The van der Waals surface area contributed by atoms with Gasteiger partial charge >= 0.3 is 6.18 Å². The van der Waals surface area contributed by atoms with Gasteiger partial charge in [0.25, 0.3) is 0 Å². The van der Waals surface area contributed by atoms with Gasteiger partial charge in [-0.05, 0) is 6.42 Å². The van der Waals surface area contributed by atoms with Crippen molar-refractivity contribution in [1.29, 1.82) is 0 Å². The fourth-order valence-corrected chi connectivity index (χ4v) is 1.12. The van der Waals surface area contributed by atoms with Crippen molar-refractivity contribution in [3.8, 4) is 0 Å². The summed E-state index contributed by atoms with van der Waals surface area (Å²) in [6, 6.07) is 0. The summed E-state index contributed by atoms with van der Waals surface area (Å²) < 4.78 is 36.1. The van der Waals surface area contributed by atoms with Crippen LogP contribution in [0.15, 0.2) is 4.99 Å². The van der Waals surface area contributed by atoms with Crippen LogP contribution in [-0.4, -0.2) is 56.7 Å². The van der Waals surface area contributed by atoms with E-state index >= 15 is 0 Å². The van der Waals surface area contributed by atoms with Gasteiger partial charge in [-0.25, -0.2) is 0 Å². The molecule has 0 aromatic rings. The SMILES string of the molecule is CCCNC(=NC)NCC(=O)N(C)CC(F)(F)F.I. The lowest BCUT2D eigenvalue weighted by molar-refractivity contribution is -0.157. The molecule has 0 atom stereocenters. The van der Waals surface area contributed by atoms with Crippen molar-refractivity contribution in [3.63, 3.8) is 0 Å². The van der Waals surface area contributed by atoms with Crippen molar-refractivity contribution in [2.45, 2.75) is 19.5 Å². The number of nitrogens with zero attached hydrogens (tertiary/aromatic N) is 2. The van der Waals surface area contributed by atoms with E-state index in [0.29, 0.717) is 17.4 Å². The average Bonchev–Trinajstić information content (AvgIpc) is 2.26. The summed E-state index contributed by atoms with van der Waals surface area (Å²) in [5.74, 6) is -0.252. The van der Waals surface area contributed by atoms with E-state index in [2.05, 4.69) is 15.6 Å². The van der Waals surface area contributed by atoms with Crippen LogP contribution in [0.1, 0.15) is 13.3 Å². The number of guanidine groups is 1. The molecule has 9 heteroatoms. The van der Waals surface area contributed by atoms with Crippen LogP contribution in [0.3, 0.4) is 0 Å². The highest BCUT2D eigenvalue weighted by atomic mass is 127. The number of carbonyl (C=O) groups is 1. The Kier molecular flexibility index (Phi) is 10.9. The summed E-state index contributed by atoms with van der Waals surface area (Å²) in [6.45, 7) is 1.15. The molecule has 0 fully saturated rings. The standard InChI is InChI=1S/C10H19F3N4O.HI/c1-4-5-15-9(14-2)16-6-8(18)17(3)7-10(11,12)13;/h4-7H2,1-3H3,(H2,14,15,16);1H. The minimum Gasteiger partial charge on any atom is -0.356 e. The zero-order valence-electron chi connectivity index (χ0n) is 11.2. The zero-order valence-corrected chi connectivity index (χ0v) is 13.5. The molecule has 0 unspecified atom stereocenters. The number of likely N-dealkylation sites (N-methyl/N-ethyl adjacent to an activating group) is 1. The molecular weight excluding hydrogens is 376 g/mol. The maximum atomic E-state index is 12.0. The van der Waals surface area contributed by atoms with Gasteiger partial charge in [0.05, 0.1) is 6.54 Å². The smallest absolute Gasteiger partial charge is 0.356 e. The van der Waals surface area contributed by atoms with Gasteiger partial charge in [-0.2, -0.15) is 13.2 Å². The maximum Gasteiger partial charge on any atom is 0.406 e. The number of carbonyl (C=O) groups excluding carboxylic acids is 1. The van der Waals surface area contributed by atoms with Gasteiger partial charge in [0.1, 0.15) is 6.54 Å². The number of aliphatic imine (C=N–C) groups is 1. The lowest BCUT2D eigenvalue weighted by Gasteiger charge is -2.19. The molecule has 0 saturated carbocycles. The first-order chi connectivity index (χ1) is 8.30. The highest BCUT2D eigenvalue weighted by Crippen LogP contribution is 2.15. The van der Waals surface area contributed by atoms with Crippen molar-refractivity contribution in [1.82, 2.24) is 15.5 Å². The third-order valence-corrected chi connectivity index (χ3v) is 2.02. The van der Waals surface area contributed by atoms with E-state index in [0.717, 1.165) is 13.5 Å². The van der Waals surface area contributed by atoms with Crippen molar-refractivity contribution < 1.29 is 18.0 Å². The Morgan fingerprint density at radius 1 is 1.32 bits per heavy atom. The van der Waals surface area contributed by atoms with Crippen molar-refractivity contribution in [2.24, 2.45) is 4.99 Å². The summed E-state index contributed by atoms with van der Waals surface area (Å²) in [5.41, 5.74) is 0. The lowest BCUT2D eigenvalue weighted by Crippen LogP contribution is -2.45. The largest absolute Gasteiger partial charge is 0.406 e.